The van der Waals surface area contributed by atoms with E-state index in [9.17, 15) is 24.3 Å². The maximum Gasteiger partial charge on any atom is 0.341 e. The number of piperidine rings is 1. The lowest BCUT2D eigenvalue weighted by atomic mass is 10.0. The second kappa shape index (κ2) is 14.2. The Labute approximate surface area is 265 Å². The molecule has 5 rings (SSSR count). The van der Waals surface area contributed by atoms with Crippen LogP contribution in [0.2, 0.25) is 0 Å². The molecule has 2 amide bonds. The van der Waals surface area contributed by atoms with Crippen LogP contribution in [0.5, 0.6) is 5.75 Å². The van der Waals surface area contributed by atoms with Crippen molar-refractivity contribution in [1.29, 1.82) is 0 Å². The van der Waals surface area contributed by atoms with Gasteiger partial charge in [0.25, 0.3) is 0 Å². The van der Waals surface area contributed by atoms with Crippen molar-refractivity contribution in [2.75, 3.05) is 44.7 Å². The van der Waals surface area contributed by atoms with E-state index in [0.717, 1.165) is 25.3 Å². The van der Waals surface area contributed by atoms with E-state index in [1.807, 2.05) is 0 Å². The smallest absolute Gasteiger partial charge is 0.341 e. The number of amides is 2. The number of halogens is 2. The molecule has 1 aliphatic carbocycles. The number of carboxylic acid groups (broad SMARTS) is 1. The van der Waals surface area contributed by atoms with Crippen LogP contribution in [-0.4, -0.2) is 84.3 Å². The summed E-state index contributed by atoms with van der Waals surface area (Å²) in [7, 11) is 1.35. The number of rotatable bonds is 12. The van der Waals surface area contributed by atoms with Gasteiger partial charge in [0.2, 0.25) is 17.2 Å². The minimum atomic E-state index is -1.40. The standard InChI is InChI=1S/C32H42F2N6O6/c1-46-29-26-20(28(41)21(32(44)45)17-40(26)19-9-10-19)14-22(33)27(29)38-12-4-6-18(16-38)23(34)15-37-30(42)25-8-5-13-39(25)31(43)24(36)7-2-3-11-35/h14,17,19,24-25H,2-13,15-16,35-36H2,1H3,(H,37,42)(H,44,45)/b23-18+/t24-,25?/m0/s1. The number of anilines is 1. The van der Waals surface area contributed by atoms with Crippen molar-refractivity contribution in [3.63, 3.8) is 0 Å². The van der Waals surface area contributed by atoms with Crippen LogP contribution in [0.25, 0.3) is 10.9 Å². The molecule has 0 spiro atoms. The lowest BCUT2D eigenvalue weighted by Gasteiger charge is -2.33. The predicted molar refractivity (Wildman–Crippen MR) is 168 cm³/mol. The van der Waals surface area contributed by atoms with Crippen molar-refractivity contribution in [1.82, 2.24) is 14.8 Å². The first-order chi connectivity index (χ1) is 22.1. The topological polar surface area (TPSA) is 173 Å². The van der Waals surface area contributed by atoms with Gasteiger partial charge in [-0.2, -0.15) is 0 Å². The molecule has 1 aromatic carbocycles. The number of aromatic carboxylic acids is 1. The number of carbonyl (C=O) groups is 3. The fourth-order valence-corrected chi connectivity index (χ4v) is 6.56. The summed E-state index contributed by atoms with van der Waals surface area (Å²) in [4.78, 5) is 53.9. The second-order valence-corrected chi connectivity index (χ2v) is 12.3. The van der Waals surface area contributed by atoms with Gasteiger partial charge >= 0.3 is 5.97 Å². The number of carboxylic acids is 1. The normalized spacial score (nSPS) is 20.2. The van der Waals surface area contributed by atoms with Gasteiger partial charge in [0, 0.05) is 31.9 Å². The van der Waals surface area contributed by atoms with Crippen molar-refractivity contribution >= 4 is 34.4 Å². The molecule has 3 fully saturated rings. The molecule has 14 heteroatoms. The van der Waals surface area contributed by atoms with Crippen LogP contribution in [0, 0.1) is 5.82 Å². The van der Waals surface area contributed by atoms with Gasteiger partial charge < -0.3 is 41.0 Å². The Morgan fingerprint density at radius 3 is 2.61 bits per heavy atom. The molecular weight excluding hydrogens is 602 g/mol. The molecule has 6 N–H and O–H groups in total. The number of aromatic nitrogens is 1. The van der Waals surface area contributed by atoms with Crippen molar-refractivity contribution in [2.24, 2.45) is 11.5 Å². The zero-order valence-electron chi connectivity index (χ0n) is 26.0. The molecule has 2 saturated heterocycles. The third-order valence-electron chi connectivity index (χ3n) is 9.10. The summed E-state index contributed by atoms with van der Waals surface area (Å²) in [6, 6.07) is -0.467. The number of nitrogens with two attached hydrogens (primary N) is 2. The number of fused-ring (bicyclic) bond motifs is 1. The largest absolute Gasteiger partial charge is 0.492 e. The first-order valence-electron chi connectivity index (χ1n) is 15.9. The lowest BCUT2D eigenvalue weighted by Crippen LogP contribution is -2.51. The fraction of sp³-hybridized carbons (Fsp3) is 0.562. The predicted octanol–water partition coefficient (Wildman–Crippen LogP) is 2.57. The van der Waals surface area contributed by atoms with E-state index in [0.29, 0.717) is 69.2 Å². The van der Waals surface area contributed by atoms with Gasteiger partial charge in [-0.05, 0) is 69.6 Å². The Balaban J connectivity index is 1.34. The molecular formula is C32H42F2N6O6. The molecule has 1 aromatic heterocycles. The average molecular weight is 645 g/mol. The Morgan fingerprint density at radius 1 is 1.17 bits per heavy atom. The first kappa shape index (κ1) is 33.3. The molecule has 0 radical (unpaired) electrons. The Morgan fingerprint density at radius 2 is 1.93 bits per heavy atom. The zero-order chi connectivity index (χ0) is 33.1. The molecule has 12 nitrogen and oxygen atoms in total. The van der Waals surface area contributed by atoms with E-state index >= 15 is 8.78 Å². The third kappa shape index (κ3) is 6.73. The summed E-state index contributed by atoms with van der Waals surface area (Å²) in [5.41, 5.74) is 11.1. The summed E-state index contributed by atoms with van der Waals surface area (Å²) in [6.07, 6.45) is 6.77. The van der Waals surface area contributed by atoms with Gasteiger partial charge in [-0.3, -0.25) is 14.4 Å². The number of hydrogen-bond donors (Lipinski definition) is 4. The third-order valence-corrected chi connectivity index (χ3v) is 9.10. The SMILES string of the molecule is COc1c(N2CCC/C(=C(\F)CNC(=O)C3CCCN3C(=O)[C@@H](N)CCCCN)C2)c(F)cc2c(=O)c(C(=O)O)cn(C3CC3)c12. The maximum absolute atomic E-state index is 15.8. The van der Waals surface area contributed by atoms with Crippen molar-refractivity contribution in [2.45, 2.75) is 75.9 Å². The second-order valence-electron chi connectivity index (χ2n) is 12.3. The van der Waals surface area contributed by atoms with Crippen LogP contribution in [0.3, 0.4) is 0 Å². The number of unbranched alkanes of at least 4 members (excludes halogenated alkanes) is 1. The fourth-order valence-electron chi connectivity index (χ4n) is 6.56. The van der Waals surface area contributed by atoms with Gasteiger partial charge in [0.15, 0.2) is 11.6 Å². The summed E-state index contributed by atoms with van der Waals surface area (Å²) in [5.74, 6) is -3.40. The van der Waals surface area contributed by atoms with E-state index in [2.05, 4.69) is 5.32 Å². The number of carbonyl (C=O) groups excluding carboxylic acids is 2. The molecule has 2 aliphatic heterocycles. The van der Waals surface area contributed by atoms with Crippen LogP contribution < -0.4 is 31.8 Å². The number of methoxy groups -OCH3 is 1. The van der Waals surface area contributed by atoms with Crippen molar-refractivity contribution in [3.05, 3.63) is 45.3 Å². The molecule has 3 heterocycles. The van der Waals surface area contributed by atoms with Crippen LogP contribution in [0.15, 0.2) is 28.5 Å². The molecule has 250 valence electrons. The van der Waals surface area contributed by atoms with Crippen LogP contribution in [0.1, 0.15) is 74.2 Å². The van der Waals surface area contributed by atoms with E-state index in [1.54, 1.807) is 9.47 Å². The van der Waals surface area contributed by atoms with Crippen LogP contribution in [0.4, 0.5) is 14.5 Å². The highest BCUT2D eigenvalue weighted by Gasteiger charge is 2.36. The van der Waals surface area contributed by atoms with Crippen LogP contribution in [-0.2, 0) is 9.59 Å². The van der Waals surface area contributed by atoms with Crippen molar-refractivity contribution in [3.8, 4) is 5.75 Å². The zero-order valence-corrected chi connectivity index (χ0v) is 26.0. The molecule has 2 aromatic rings. The maximum atomic E-state index is 15.8. The van der Waals surface area contributed by atoms with Crippen LogP contribution >= 0.6 is 0 Å². The lowest BCUT2D eigenvalue weighted by molar-refractivity contribution is -0.139. The highest BCUT2D eigenvalue weighted by Crippen LogP contribution is 2.44. The van der Waals surface area contributed by atoms with Gasteiger partial charge in [0.1, 0.15) is 23.1 Å². The molecule has 46 heavy (non-hydrogen) atoms. The van der Waals surface area contributed by atoms with E-state index < -0.39 is 46.6 Å². The number of ether oxygens (including phenoxy) is 1. The highest BCUT2D eigenvalue weighted by molar-refractivity contribution is 5.97. The van der Waals surface area contributed by atoms with Gasteiger partial charge in [0.05, 0.1) is 30.6 Å². The van der Waals surface area contributed by atoms with E-state index in [-0.39, 0.29) is 41.9 Å². The number of likely N-dealkylation sites (tertiary alicyclic amines) is 1. The quantitative estimate of drug-likeness (QED) is 0.253. The van der Waals surface area contributed by atoms with Crippen molar-refractivity contribution < 1.29 is 33.0 Å². The van der Waals surface area contributed by atoms with E-state index in [1.165, 1.54) is 18.2 Å². The Bertz CT molecular complexity index is 1610. The molecule has 3 aliphatic rings. The number of benzene rings is 1. The highest BCUT2D eigenvalue weighted by atomic mass is 19.1. The minimum Gasteiger partial charge on any atom is -0.492 e. The molecule has 1 saturated carbocycles. The average Bonchev–Trinajstić information content (AvgIpc) is 3.77. The molecule has 0 bridgehead atoms. The summed E-state index contributed by atoms with van der Waals surface area (Å²) in [5, 5.41) is 12.1. The van der Waals surface area contributed by atoms with E-state index in [4.69, 9.17) is 16.2 Å². The Hall–Kier alpha value is -4.04. The number of nitrogens with zero attached hydrogens (tertiary/aromatic N) is 3. The first-order valence-corrected chi connectivity index (χ1v) is 15.9. The van der Waals surface area contributed by atoms with Gasteiger partial charge in [-0.25, -0.2) is 13.6 Å². The monoisotopic (exact) mass is 644 g/mol. The minimum absolute atomic E-state index is 0.0209. The summed E-state index contributed by atoms with van der Waals surface area (Å²) < 4.78 is 38.7. The Kier molecular flexibility index (Phi) is 10.3. The molecule has 2 atom stereocenters. The number of pyridine rings is 1. The number of nitrogens with one attached hydrogen (secondary N) is 1. The number of hydrogen-bond acceptors (Lipinski definition) is 8. The summed E-state index contributed by atoms with van der Waals surface area (Å²) >= 11 is 0. The summed E-state index contributed by atoms with van der Waals surface area (Å²) in [6.45, 7) is 0.947. The van der Waals surface area contributed by atoms with Gasteiger partial charge in [-0.15, -0.1) is 0 Å². The van der Waals surface area contributed by atoms with Gasteiger partial charge in [-0.1, -0.05) is 6.42 Å². The molecule has 1 unspecified atom stereocenters.